The number of carbonyl (C=O) groups is 2. The molecule has 1 aromatic rings. The number of carbonyl (C=O) groups excluding carboxylic acids is 2. The highest BCUT2D eigenvalue weighted by molar-refractivity contribution is 5.83. The first-order valence-electron chi connectivity index (χ1n) is 9.76. The van der Waals surface area contributed by atoms with E-state index in [9.17, 15) is 22.8 Å². The van der Waals surface area contributed by atoms with E-state index in [1.165, 1.54) is 5.56 Å². The number of nitrogens with one attached hydrogen (secondary N) is 1. The van der Waals surface area contributed by atoms with Crippen molar-refractivity contribution in [3.05, 3.63) is 35.9 Å². The van der Waals surface area contributed by atoms with Gasteiger partial charge in [-0.05, 0) is 61.3 Å². The first-order valence-corrected chi connectivity index (χ1v) is 9.76. The van der Waals surface area contributed by atoms with Gasteiger partial charge < -0.3 is 10.1 Å². The normalized spacial score (nSPS) is 33.5. The van der Waals surface area contributed by atoms with Crippen molar-refractivity contribution >= 4 is 11.9 Å². The Bertz CT molecular complexity index is 748. The van der Waals surface area contributed by atoms with E-state index >= 15 is 0 Å². The summed E-state index contributed by atoms with van der Waals surface area (Å²) in [5.41, 5.74) is 0.594. The zero-order valence-corrected chi connectivity index (χ0v) is 15.6. The number of halogens is 3. The van der Waals surface area contributed by atoms with Gasteiger partial charge in [-0.15, -0.1) is 0 Å². The summed E-state index contributed by atoms with van der Waals surface area (Å²) in [6.45, 7) is -2.08. The molecule has 4 fully saturated rings. The number of rotatable bonds is 5. The molecule has 0 aromatic heterocycles. The van der Waals surface area contributed by atoms with Crippen molar-refractivity contribution in [1.29, 1.82) is 0 Å². The zero-order chi connectivity index (χ0) is 20.0. The summed E-state index contributed by atoms with van der Waals surface area (Å²) in [5.74, 6) is -0.446. The van der Waals surface area contributed by atoms with Gasteiger partial charge in [0.15, 0.2) is 6.61 Å². The summed E-state index contributed by atoms with van der Waals surface area (Å²) in [4.78, 5) is 24.6. The third kappa shape index (κ3) is 3.63. The second-order valence-corrected chi connectivity index (χ2v) is 8.86. The molecule has 0 radical (unpaired) electrons. The van der Waals surface area contributed by atoms with Crippen LogP contribution in [0.5, 0.6) is 0 Å². The standard InChI is InChI=1S/C21H24F3NO3/c22-21(23,24)13-25-17(26)11-28-18(27)20-9-14-6-15(10-20)8-19(7-14,12-20)16-4-2-1-3-5-16/h1-5,14-15H,6-13H2,(H,25,26)/t14-,15+,19?,20?. The summed E-state index contributed by atoms with van der Waals surface area (Å²) < 4.78 is 41.8. The maximum Gasteiger partial charge on any atom is 0.405 e. The Balaban J connectivity index is 1.45. The van der Waals surface area contributed by atoms with Gasteiger partial charge >= 0.3 is 12.1 Å². The van der Waals surface area contributed by atoms with Crippen molar-refractivity contribution < 1.29 is 27.5 Å². The molecule has 4 atom stereocenters. The number of amides is 1. The van der Waals surface area contributed by atoms with Crippen molar-refractivity contribution in [2.24, 2.45) is 17.3 Å². The number of ether oxygens (including phenoxy) is 1. The highest BCUT2D eigenvalue weighted by atomic mass is 19.4. The van der Waals surface area contributed by atoms with Crippen LogP contribution in [0.15, 0.2) is 30.3 Å². The molecule has 0 spiro atoms. The van der Waals surface area contributed by atoms with Gasteiger partial charge in [0.2, 0.25) is 0 Å². The molecule has 0 saturated heterocycles. The fourth-order valence-electron chi connectivity index (χ4n) is 6.16. The molecule has 28 heavy (non-hydrogen) atoms. The molecule has 4 saturated carbocycles. The van der Waals surface area contributed by atoms with Crippen molar-refractivity contribution in [3.63, 3.8) is 0 Å². The maximum absolute atomic E-state index is 13.0. The summed E-state index contributed by atoms with van der Waals surface area (Å²) >= 11 is 0. The third-order valence-corrected chi connectivity index (χ3v) is 6.70. The number of alkyl halides is 3. The van der Waals surface area contributed by atoms with E-state index in [1.807, 2.05) is 18.2 Å². The molecule has 2 unspecified atom stereocenters. The summed E-state index contributed by atoms with van der Waals surface area (Å²) in [6.07, 6.45) is 0.961. The molecular formula is C21H24F3NO3. The van der Waals surface area contributed by atoms with Crippen LogP contribution in [0.3, 0.4) is 0 Å². The van der Waals surface area contributed by atoms with Crippen LogP contribution in [0.25, 0.3) is 0 Å². The summed E-state index contributed by atoms with van der Waals surface area (Å²) in [5, 5.41) is 1.74. The lowest BCUT2D eigenvalue weighted by atomic mass is 9.43. The molecule has 0 aliphatic heterocycles. The quantitative estimate of drug-likeness (QED) is 0.773. The van der Waals surface area contributed by atoms with E-state index in [-0.39, 0.29) is 5.41 Å². The fraction of sp³-hybridized carbons (Fsp3) is 0.619. The monoisotopic (exact) mass is 395 g/mol. The minimum absolute atomic E-state index is 0.0388. The smallest absolute Gasteiger partial charge is 0.405 e. The molecule has 7 heteroatoms. The largest absolute Gasteiger partial charge is 0.455 e. The van der Waals surface area contributed by atoms with Gasteiger partial charge in [-0.25, -0.2) is 0 Å². The number of benzene rings is 1. The minimum Gasteiger partial charge on any atom is -0.455 e. The molecule has 1 N–H and O–H groups in total. The van der Waals surface area contributed by atoms with Crippen molar-refractivity contribution in [3.8, 4) is 0 Å². The predicted octanol–water partition coefficient (Wildman–Crippen LogP) is 3.75. The Morgan fingerprint density at radius 3 is 2.32 bits per heavy atom. The Hall–Kier alpha value is -2.05. The third-order valence-electron chi connectivity index (χ3n) is 6.70. The van der Waals surface area contributed by atoms with E-state index in [4.69, 9.17) is 4.74 Å². The Morgan fingerprint density at radius 2 is 1.71 bits per heavy atom. The van der Waals surface area contributed by atoms with E-state index in [0.29, 0.717) is 18.3 Å². The van der Waals surface area contributed by atoms with Gasteiger partial charge in [0.25, 0.3) is 5.91 Å². The van der Waals surface area contributed by atoms with Crippen LogP contribution in [0.4, 0.5) is 13.2 Å². The van der Waals surface area contributed by atoms with Crippen molar-refractivity contribution in [1.82, 2.24) is 5.32 Å². The highest BCUT2D eigenvalue weighted by Crippen LogP contribution is 2.66. The molecule has 4 nitrogen and oxygen atoms in total. The fourth-order valence-corrected chi connectivity index (χ4v) is 6.16. The van der Waals surface area contributed by atoms with E-state index in [2.05, 4.69) is 12.1 Å². The molecule has 1 amide bonds. The topological polar surface area (TPSA) is 55.4 Å². The lowest BCUT2D eigenvalue weighted by Crippen LogP contribution is -2.57. The second kappa shape index (κ2) is 6.78. The van der Waals surface area contributed by atoms with Crippen molar-refractivity contribution in [2.75, 3.05) is 13.2 Å². The first kappa shape index (κ1) is 19.3. The molecular weight excluding hydrogens is 371 g/mol. The molecule has 0 heterocycles. The number of hydrogen-bond acceptors (Lipinski definition) is 3. The van der Waals surface area contributed by atoms with Crippen LogP contribution in [-0.2, 0) is 19.7 Å². The van der Waals surface area contributed by atoms with Crippen LogP contribution in [0.1, 0.15) is 44.1 Å². The summed E-state index contributed by atoms with van der Waals surface area (Å²) in [7, 11) is 0. The van der Waals surface area contributed by atoms with Crippen molar-refractivity contribution in [2.45, 2.75) is 50.1 Å². The lowest BCUT2D eigenvalue weighted by Gasteiger charge is -2.61. The Kier molecular flexibility index (Phi) is 4.67. The molecule has 4 aliphatic rings. The van der Waals surface area contributed by atoms with Crippen LogP contribution in [-0.4, -0.2) is 31.2 Å². The maximum atomic E-state index is 13.0. The van der Waals surface area contributed by atoms with Crippen LogP contribution in [0, 0.1) is 17.3 Å². The van der Waals surface area contributed by atoms with Crippen LogP contribution in [0.2, 0.25) is 0 Å². The molecule has 1 aromatic carbocycles. The number of hydrogen-bond donors (Lipinski definition) is 1. The van der Waals surface area contributed by atoms with Gasteiger partial charge in [-0.2, -0.15) is 13.2 Å². The molecule has 4 bridgehead atoms. The average Bonchev–Trinajstić information content (AvgIpc) is 2.63. The van der Waals surface area contributed by atoms with Gasteiger partial charge in [0, 0.05) is 0 Å². The Morgan fingerprint density at radius 1 is 1.07 bits per heavy atom. The van der Waals surface area contributed by atoms with Crippen LogP contribution >= 0.6 is 0 Å². The molecule has 4 aliphatic carbocycles. The van der Waals surface area contributed by atoms with Gasteiger partial charge in [-0.1, -0.05) is 30.3 Å². The molecule has 5 rings (SSSR count). The summed E-state index contributed by atoms with van der Waals surface area (Å²) in [6, 6.07) is 10.3. The van der Waals surface area contributed by atoms with Gasteiger partial charge in [0.05, 0.1) is 5.41 Å². The van der Waals surface area contributed by atoms with Gasteiger partial charge in [-0.3, -0.25) is 9.59 Å². The first-order chi connectivity index (χ1) is 13.2. The minimum atomic E-state index is -4.48. The lowest BCUT2D eigenvalue weighted by molar-refractivity contribution is -0.176. The van der Waals surface area contributed by atoms with E-state index < -0.39 is 36.6 Å². The highest BCUT2D eigenvalue weighted by Gasteiger charge is 2.61. The zero-order valence-electron chi connectivity index (χ0n) is 15.6. The second-order valence-electron chi connectivity index (χ2n) is 8.86. The number of esters is 1. The Labute approximate surface area is 161 Å². The van der Waals surface area contributed by atoms with E-state index in [1.54, 1.807) is 5.32 Å². The SMILES string of the molecule is O=C(COC(=O)C12C[C@H]3C[C@@H](C1)CC(c1ccccc1)(C3)C2)NCC(F)(F)F. The van der Waals surface area contributed by atoms with Crippen LogP contribution < -0.4 is 5.32 Å². The average molecular weight is 395 g/mol. The predicted molar refractivity (Wildman–Crippen MR) is 95.3 cm³/mol. The molecule has 152 valence electrons. The van der Waals surface area contributed by atoms with Gasteiger partial charge in [0.1, 0.15) is 6.54 Å². The van der Waals surface area contributed by atoms with E-state index in [0.717, 1.165) is 32.1 Å².